The molecule has 3 rings (SSSR count). The molecule has 0 spiro atoms. The number of ketones is 1. The van der Waals surface area contributed by atoms with Gasteiger partial charge in [0.05, 0.1) is 18.2 Å². The first-order valence-corrected chi connectivity index (χ1v) is 8.38. The van der Waals surface area contributed by atoms with Crippen molar-refractivity contribution in [3.05, 3.63) is 64.7 Å². The van der Waals surface area contributed by atoms with Gasteiger partial charge in [-0.15, -0.1) is 0 Å². The number of benzene rings is 2. The number of hydrogen-bond donors (Lipinski definition) is 3. The molecular weight excluding hydrogens is 350 g/mol. The van der Waals surface area contributed by atoms with Gasteiger partial charge in [-0.25, -0.2) is 0 Å². The lowest BCUT2D eigenvalue weighted by atomic mass is 9.98. The van der Waals surface area contributed by atoms with E-state index in [1.807, 2.05) is 6.07 Å². The number of ether oxygens (including phenoxy) is 2. The normalized spacial score (nSPS) is 24.9. The van der Waals surface area contributed by atoms with E-state index in [4.69, 9.17) is 14.7 Å². The van der Waals surface area contributed by atoms with Crippen molar-refractivity contribution in [3.8, 4) is 11.8 Å². The van der Waals surface area contributed by atoms with E-state index in [1.54, 1.807) is 49.4 Å². The Kier molecular flexibility index (Phi) is 5.54. The van der Waals surface area contributed by atoms with Gasteiger partial charge in [0.1, 0.15) is 24.1 Å². The van der Waals surface area contributed by atoms with E-state index in [0.717, 1.165) is 0 Å². The van der Waals surface area contributed by atoms with Crippen molar-refractivity contribution in [1.29, 1.82) is 5.26 Å². The molecule has 0 radical (unpaired) electrons. The molecule has 7 nitrogen and oxygen atoms in total. The summed E-state index contributed by atoms with van der Waals surface area (Å²) in [4.78, 5) is 12.6. The summed E-state index contributed by atoms with van der Waals surface area (Å²) < 4.78 is 10.8. The molecule has 2 aromatic rings. The Morgan fingerprint density at radius 2 is 1.85 bits per heavy atom. The summed E-state index contributed by atoms with van der Waals surface area (Å²) in [5.74, 6) is 0.174. The topological polar surface area (TPSA) is 120 Å². The monoisotopic (exact) mass is 369 g/mol. The van der Waals surface area contributed by atoms with Crippen LogP contribution in [0.4, 0.5) is 0 Å². The van der Waals surface area contributed by atoms with E-state index >= 15 is 0 Å². The van der Waals surface area contributed by atoms with Crippen molar-refractivity contribution in [1.82, 2.24) is 0 Å². The van der Waals surface area contributed by atoms with Crippen LogP contribution in [0, 0.1) is 18.3 Å². The number of nitriles is 1. The highest BCUT2D eigenvalue weighted by molar-refractivity contribution is 6.10. The van der Waals surface area contributed by atoms with Gasteiger partial charge < -0.3 is 24.8 Å². The fourth-order valence-electron chi connectivity index (χ4n) is 2.83. The van der Waals surface area contributed by atoms with E-state index in [1.165, 1.54) is 0 Å². The molecule has 0 aromatic heterocycles. The summed E-state index contributed by atoms with van der Waals surface area (Å²) in [6, 6.07) is 13.2. The van der Waals surface area contributed by atoms with Crippen LogP contribution in [0.15, 0.2) is 42.5 Å². The van der Waals surface area contributed by atoms with Crippen LogP contribution in [0.2, 0.25) is 0 Å². The van der Waals surface area contributed by atoms with Gasteiger partial charge >= 0.3 is 0 Å². The number of hydrogen-bond acceptors (Lipinski definition) is 7. The molecule has 4 atom stereocenters. The molecule has 7 heteroatoms. The van der Waals surface area contributed by atoms with Gasteiger partial charge in [-0.05, 0) is 55.0 Å². The Balaban J connectivity index is 1.75. The predicted molar refractivity (Wildman–Crippen MR) is 94.2 cm³/mol. The quantitative estimate of drug-likeness (QED) is 0.685. The zero-order valence-electron chi connectivity index (χ0n) is 14.6. The highest BCUT2D eigenvalue weighted by Crippen LogP contribution is 2.24. The van der Waals surface area contributed by atoms with Gasteiger partial charge in [0.25, 0.3) is 0 Å². The van der Waals surface area contributed by atoms with Crippen molar-refractivity contribution >= 4 is 5.78 Å². The minimum atomic E-state index is -1.39. The second kappa shape index (κ2) is 7.86. The van der Waals surface area contributed by atoms with Crippen LogP contribution in [0.3, 0.4) is 0 Å². The van der Waals surface area contributed by atoms with Crippen LogP contribution >= 0.6 is 0 Å². The summed E-state index contributed by atoms with van der Waals surface area (Å²) >= 11 is 0. The zero-order chi connectivity index (χ0) is 19.6. The first kappa shape index (κ1) is 19.0. The largest absolute Gasteiger partial charge is 0.462 e. The third-order valence-corrected chi connectivity index (χ3v) is 4.43. The standard InChI is InChI=1S/C20H19NO6/c1-11-8-14(27-20-19(25)18(24)16(22)10-26-20)6-7-15(11)17(23)13-4-2-12(9-21)3-5-13/h2-8,16,18-20,22,24-25H,10H2,1H3/t16-,18-,19+,20+/m1/s1. The summed E-state index contributed by atoms with van der Waals surface area (Å²) in [7, 11) is 0. The van der Waals surface area contributed by atoms with Crippen molar-refractivity contribution < 1.29 is 29.6 Å². The highest BCUT2D eigenvalue weighted by atomic mass is 16.7. The first-order chi connectivity index (χ1) is 12.9. The molecule has 0 saturated carbocycles. The van der Waals surface area contributed by atoms with E-state index in [-0.39, 0.29) is 12.4 Å². The second-order valence-electron chi connectivity index (χ2n) is 6.36. The summed E-state index contributed by atoms with van der Waals surface area (Å²) in [6.45, 7) is 1.59. The lowest BCUT2D eigenvalue weighted by Gasteiger charge is -2.35. The van der Waals surface area contributed by atoms with Gasteiger partial charge in [-0.3, -0.25) is 4.79 Å². The number of aryl methyl sites for hydroxylation is 1. The maximum absolute atomic E-state index is 12.6. The molecule has 2 aromatic carbocycles. The predicted octanol–water partition coefficient (Wildman–Crippen LogP) is 0.916. The Morgan fingerprint density at radius 3 is 2.48 bits per heavy atom. The molecule has 1 aliphatic heterocycles. The summed E-state index contributed by atoms with van der Waals surface area (Å²) in [6.07, 6.45) is -5.05. The minimum Gasteiger partial charge on any atom is -0.462 e. The van der Waals surface area contributed by atoms with Gasteiger partial charge in [0, 0.05) is 11.1 Å². The number of carbonyl (C=O) groups excluding carboxylic acids is 1. The number of aliphatic hydroxyl groups is 3. The van der Waals surface area contributed by atoms with Crippen LogP contribution < -0.4 is 4.74 Å². The Labute approximate surface area is 156 Å². The molecule has 0 aliphatic carbocycles. The molecular formula is C20H19NO6. The maximum Gasteiger partial charge on any atom is 0.228 e. The molecule has 140 valence electrons. The average molecular weight is 369 g/mol. The fourth-order valence-corrected chi connectivity index (χ4v) is 2.83. The van der Waals surface area contributed by atoms with Crippen LogP contribution in [0.25, 0.3) is 0 Å². The van der Waals surface area contributed by atoms with Crippen molar-refractivity contribution in [3.63, 3.8) is 0 Å². The van der Waals surface area contributed by atoms with Crippen molar-refractivity contribution in [2.45, 2.75) is 31.5 Å². The van der Waals surface area contributed by atoms with Crippen LogP contribution in [-0.4, -0.2) is 52.3 Å². The molecule has 27 heavy (non-hydrogen) atoms. The van der Waals surface area contributed by atoms with Gasteiger partial charge in [-0.1, -0.05) is 0 Å². The number of rotatable bonds is 4. The maximum atomic E-state index is 12.6. The molecule has 0 unspecified atom stereocenters. The lowest BCUT2D eigenvalue weighted by Crippen LogP contribution is -2.54. The second-order valence-corrected chi connectivity index (χ2v) is 6.36. The van der Waals surface area contributed by atoms with E-state index in [2.05, 4.69) is 0 Å². The third kappa shape index (κ3) is 3.99. The van der Waals surface area contributed by atoms with Crippen molar-refractivity contribution in [2.24, 2.45) is 0 Å². The smallest absolute Gasteiger partial charge is 0.228 e. The van der Waals surface area contributed by atoms with Crippen molar-refractivity contribution in [2.75, 3.05) is 6.61 Å². The number of carbonyl (C=O) groups is 1. The Bertz CT molecular complexity index is 873. The molecule has 1 fully saturated rings. The average Bonchev–Trinajstić information content (AvgIpc) is 2.68. The number of nitrogens with zero attached hydrogens (tertiary/aromatic N) is 1. The fraction of sp³-hybridized carbons (Fsp3) is 0.300. The molecule has 0 amide bonds. The molecule has 1 aliphatic rings. The third-order valence-electron chi connectivity index (χ3n) is 4.43. The van der Waals surface area contributed by atoms with Crippen LogP contribution in [0.5, 0.6) is 5.75 Å². The Hall–Kier alpha value is -2.76. The molecule has 1 saturated heterocycles. The summed E-state index contributed by atoms with van der Waals surface area (Å²) in [5, 5.41) is 37.9. The molecule has 0 bridgehead atoms. The van der Waals surface area contributed by atoms with Gasteiger partial charge in [0.2, 0.25) is 6.29 Å². The first-order valence-electron chi connectivity index (χ1n) is 8.38. The number of aliphatic hydroxyl groups excluding tert-OH is 3. The zero-order valence-corrected chi connectivity index (χ0v) is 14.6. The van der Waals surface area contributed by atoms with E-state index < -0.39 is 24.6 Å². The van der Waals surface area contributed by atoms with Gasteiger partial charge in [-0.2, -0.15) is 5.26 Å². The molecule has 1 heterocycles. The van der Waals surface area contributed by atoms with Crippen LogP contribution in [0.1, 0.15) is 27.0 Å². The SMILES string of the molecule is Cc1cc(O[C@@H]2OC[C@@H](O)[C@@H](O)[C@@H]2O)ccc1C(=O)c1ccc(C#N)cc1. The minimum absolute atomic E-state index is 0.156. The molecule has 3 N–H and O–H groups in total. The van der Waals surface area contributed by atoms with E-state index in [9.17, 15) is 20.1 Å². The highest BCUT2D eigenvalue weighted by Gasteiger charge is 2.39. The lowest BCUT2D eigenvalue weighted by molar-refractivity contribution is -0.242. The summed E-state index contributed by atoms with van der Waals surface area (Å²) in [5.41, 5.74) is 2.08. The van der Waals surface area contributed by atoms with Crippen LogP contribution in [-0.2, 0) is 4.74 Å². The Morgan fingerprint density at radius 1 is 1.15 bits per heavy atom. The van der Waals surface area contributed by atoms with E-state index in [0.29, 0.717) is 28.0 Å². The van der Waals surface area contributed by atoms with Gasteiger partial charge in [0.15, 0.2) is 5.78 Å².